The minimum atomic E-state index is 0.0631. The van der Waals surface area contributed by atoms with E-state index in [1.54, 1.807) is 0 Å². The molecule has 2 saturated carbocycles. The molecule has 0 heterocycles. The number of hydrogen-bond donors (Lipinski definition) is 0. The third-order valence-electron chi connectivity index (χ3n) is 3.42. The second-order valence-electron chi connectivity index (χ2n) is 4.14. The fourth-order valence-electron chi connectivity index (χ4n) is 2.43. The van der Waals surface area contributed by atoms with Crippen molar-refractivity contribution in [1.82, 2.24) is 0 Å². The van der Waals surface area contributed by atoms with Gasteiger partial charge in [-0.2, -0.15) is 0 Å². The zero-order valence-electron chi connectivity index (χ0n) is 7.39. The van der Waals surface area contributed by atoms with Crippen LogP contribution in [0, 0.1) is 11.8 Å². The molecule has 0 aromatic carbocycles. The Morgan fingerprint density at radius 3 is 2.27 bits per heavy atom. The van der Waals surface area contributed by atoms with Crippen LogP contribution < -0.4 is 0 Å². The molecule has 0 bridgehead atoms. The van der Waals surface area contributed by atoms with E-state index in [4.69, 9.17) is 4.74 Å². The summed E-state index contributed by atoms with van der Waals surface area (Å²) >= 11 is 0. The van der Waals surface area contributed by atoms with E-state index in [0.717, 1.165) is 11.8 Å². The summed E-state index contributed by atoms with van der Waals surface area (Å²) in [6.45, 7) is 6.10. The molecule has 3 atom stereocenters. The van der Waals surface area contributed by atoms with Gasteiger partial charge in [0.15, 0.2) is 0 Å². The summed E-state index contributed by atoms with van der Waals surface area (Å²) in [4.78, 5) is 0. The molecule has 0 amide bonds. The molecule has 0 aromatic rings. The lowest BCUT2D eigenvalue weighted by atomic mass is 9.90. The Kier molecular flexibility index (Phi) is 1.40. The van der Waals surface area contributed by atoms with Crippen molar-refractivity contribution in [2.75, 3.05) is 7.11 Å². The van der Waals surface area contributed by atoms with Crippen molar-refractivity contribution < 1.29 is 4.74 Å². The highest BCUT2D eigenvalue weighted by molar-refractivity contribution is 5.19. The van der Waals surface area contributed by atoms with Crippen molar-refractivity contribution in [3.05, 3.63) is 12.2 Å². The first-order valence-electron chi connectivity index (χ1n) is 4.39. The summed E-state index contributed by atoms with van der Waals surface area (Å²) in [6, 6.07) is 0. The number of methoxy groups -OCH3 is 1. The molecule has 0 N–H and O–H groups in total. The van der Waals surface area contributed by atoms with Crippen LogP contribution in [0.15, 0.2) is 12.2 Å². The van der Waals surface area contributed by atoms with Gasteiger partial charge in [-0.25, -0.2) is 0 Å². The third-order valence-corrected chi connectivity index (χ3v) is 3.42. The van der Waals surface area contributed by atoms with Gasteiger partial charge in [0.2, 0.25) is 0 Å². The number of fused-ring (bicyclic) bond motifs is 1. The maximum atomic E-state index is 5.56. The Balaban J connectivity index is 2.13. The topological polar surface area (TPSA) is 9.23 Å². The molecule has 2 fully saturated rings. The van der Waals surface area contributed by atoms with Crippen LogP contribution in [0.25, 0.3) is 0 Å². The first-order valence-corrected chi connectivity index (χ1v) is 4.39. The van der Waals surface area contributed by atoms with Gasteiger partial charge >= 0.3 is 0 Å². The number of hydrogen-bond acceptors (Lipinski definition) is 1. The first kappa shape index (κ1) is 7.35. The molecule has 1 nitrogen and oxygen atoms in total. The predicted molar refractivity (Wildman–Crippen MR) is 45.4 cm³/mol. The molecule has 1 heteroatoms. The van der Waals surface area contributed by atoms with Crippen molar-refractivity contribution in [1.29, 1.82) is 0 Å². The molecular weight excluding hydrogens is 136 g/mol. The first-order chi connectivity index (χ1) is 5.18. The fraction of sp³-hybridized carbons (Fsp3) is 0.800. The molecule has 2 aliphatic rings. The number of rotatable bonds is 2. The largest absolute Gasteiger partial charge is 0.374 e. The van der Waals surface area contributed by atoms with E-state index < -0.39 is 0 Å². The van der Waals surface area contributed by atoms with Crippen LogP contribution in [0.4, 0.5) is 0 Å². The van der Waals surface area contributed by atoms with Crippen LogP contribution in [0.2, 0.25) is 0 Å². The second kappa shape index (κ2) is 2.10. The standard InChI is InChI=1S/C10H16O/c1-7(2)10(11-3)5-8-4-9(8)6-10/h8-9H,1,4-6H2,2-3H3/t8-,9+,10?. The SMILES string of the molecule is C=C(C)C1(OC)C[C@H]2C[C@H]2C1. The van der Waals surface area contributed by atoms with Crippen molar-refractivity contribution in [2.45, 2.75) is 31.8 Å². The molecule has 0 aliphatic heterocycles. The van der Waals surface area contributed by atoms with E-state index in [9.17, 15) is 0 Å². The molecule has 62 valence electrons. The molecule has 0 aromatic heterocycles. The summed E-state index contributed by atoms with van der Waals surface area (Å²) in [7, 11) is 1.82. The summed E-state index contributed by atoms with van der Waals surface area (Å²) in [5.41, 5.74) is 1.28. The highest BCUT2D eigenvalue weighted by Gasteiger charge is 2.54. The van der Waals surface area contributed by atoms with Gasteiger partial charge < -0.3 is 4.74 Å². The van der Waals surface area contributed by atoms with Crippen LogP contribution in [-0.2, 0) is 4.74 Å². The lowest BCUT2D eigenvalue weighted by molar-refractivity contribution is 0.0182. The lowest BCUT2D eigenvalue weighted by Gasteiger charge is -2.29. The normalized spacial score (nSPS) is 47.1. The van der Waals surface area contributed by atoms with Gasteiger partial charge in [-0.1, -0.05) is 6.58 Å². The zero-order chi connectivity index (χ0) is 8.06. The van der Waals surface area contributed by atoms with E-state index in [-0.39, 0.29) is 5.60 Å². The highest BCUT2D eigenvalue weighted by Crippen LogP contribution is 2.58. The summed E-state index contributed by atoms with van der Waals surface area (Å²) in [5, 5.41) is 0. The minimum Gasteiger partial charge on any atom is -0.374 e. The molecule has 11 heavy (non-hydrogen) atoms. The van der Waals surface area contributed by atoms with Gasteiger partial charge in [0.05, 0.1) is 5.60 Å². The van der Waals surface area contributed by atoms with Crippen molar-refractivity contribution >= 4 is 0 Å². The van der Waals surface area contributed by atoms with E-state index in [1.165, 1.54) is 24.8 Å². The Hall–Kier alpha value is -0.300. The number of ether oxygens (including phenoxy) is 1. The van der Waals surface area contributed by atoms with Gasteiger partial charge in [-0.05, 0) is 43.6 Å². The zero-order valence-corrected chi connectivity index (χ0v) is 7.39. The molecule has 2 aliphatic carbocycles. The molecule has 0 radical (unpaired) electrons. The monoisotopic (exact) mass is 152 g/mol. The lowest BCUT2D eigenvalue weighted by Crippen LogP contribution is -2.30. The Morgan fingerprint density at radius 1 is 1.45 bits per heavy atom. The van der Waals surface area contributed by atoms with Gasteiger partial charge in [0.1, 0.15) is 0 Å². The molecule has 1 unspecified atom stereocenters. The maximum Gasteiger partial charge on any atom is 0.0887 e. The van der Waals surface area contributed by atoms with Gasteiger partial charge in [-0.15, -0.1) is 0 Å². The van der Waals surface area contributed by atoms with Crippen LogP contribution in [0.3, 0.4) is 0 Å². The Labute approximate surface area is 68.4 Å². The van der Waals surface area contributed by atoms with Crippen molar-refractivity contribution in [2.24, 2.45) is 11.8 Å². The van der Waals surface area contributed by atoms with Crippen LogP contribution in [0.1, 0.15) is 26.2 Å². The van der Waals surface area contributed by atoms with Crippen LogP contribution >= 0.6 is 0 Å². The average Bonchev–Trinajstić information content (AvgIpc) is 2.59. The van der Waals surface area contributed by atoms with Crippen LogP contribution in [-0.4, -0.2) is 12.7 Å². The summed E-state index contributed by atoms with van der Waals surface area (Å²) < 4.78 is 5.56. The van der Waals surface area contributed by atoms with Crippen LogP contribution in [0.5, 0.6) is 0 Å². The van der Waals surface area contributed by atoms with Gasteiger partial charge in [0.25, 0.3) is 0 Å². The minimum absolute atomic E-state index is 0.0631. The quantitative estimate of drug-likeness (QED) is 0.552. The van der Waals surface area contributed by atoms with E-state index in [0.29, 0.717) is 0 Å². The van der Waals surface area contributed by atoms with Crippen molar-refractivity contribution in [3.8, 4) is 0 Å². The summed E-state index contributed by atoms with van der Waals surface area (Å²) in [5.74, 6) is 1.93. The molecular formula is C10H16O. The molecule has 0 spiro atoms. The predicted octanol–water partition coefficient (Wildman–Crippen LogP) is 2.38. The molecule has 2 rings (SSSR count). The van der Waals surface area contributed by atoms with Gasteiger partial charge in [0, 0.05) is 7.11 Å². The Bertz CT molecular complexity index is 185. The van der Waals surface area contributed by atoms with E-state index in [2.05, 4.69) is 13.5 Å². The fourth-order valence-corrected chi connectivity index (χ4v) is 2.43. The maximum absolute atomic E-state index is 5.56. The second-order valence-corrected chi connectivity index (χ2v) is 4.14. The smallest absolute Gasteiger partial charge is 0.0887 e. The molecule has 0 saturated heterocycles. The van der Waals surface area contributed by atoms with Gasteiger partial charge in [-0.3, -0.25) is 0 Å². The van der Waals surface area contributed by atoms with Crippen molar-refractivity contribution in [3.63, 3.8) is 0 Å². The highest BCUT2D eigenvalue weighted by atomic mass is 16.5. The average molecular weight is 152 g/mol. The Morgan fingerprint density at radius 2 is 2.00 bits per heavy atom. The van der Waals surface area contributed by atoms with E-state index in [1.807, 2.05) is 7.11 Å². The van der Waals surface area contributed by atoms with E-state index >= 15 is 0 Å². The third kappa shape index (κ3) is 0.943. The summed E-state index contributed by atoms with van der Waals surface area (Å²) in [6.07, 6.45) is 3.89.